The van der Waals surface area contributed by atoms with Crippen molar-refractivity contribution in [2.24, 2.45) is 5.92 Å². The first-order valence-corrected chi connectivity index (χ1v) is 6.39. The lowest BCUT2D eigenvalue weighted by molar-refractivity contribution is 0.603. The topological polar surface area (TPSA) is 24.9 Å². The van der Waals surface area contributed by atoms with E-state index in [4.69, 9.17) is 0 Å². The highest BCUT2D eigenvalue weighted by molar-refractivity contribution is 9.10. The molecule has 1 aromatic rings. The molecule has 2 nitrogen and oxygen atoms in total. The van der Waals surface area contributed by atoms with Gasteiger partial charge in [-0.1, -0.05) is 6.92 Å². The van der Waals surface area contributed by atoms with Gasteiger partial charge in [0, 0.05) is 16.4 Å². The Bertz CT molecular complexity index is 281. The number of hydrogen-bond acceptors (Lipinski definition) is 3. The second-order valence-electron chi connectivity index (χ2n) is 3.26. The van der Waals surface area contributed by atoms with Crippen molar-refractivity contribution in [3.8, 4) is 0 Å². The van der Waals surface area contributed by atoms with Crippen LogP contribution in [0.2, 0.25) is 0 Å². The van der Waals surface area contributed by atoms with E-state index in [1.807, 2.05) is 25.4 Å². The molecule has 0 amide bonds. The van der Waals surface area contributed by atoms with Crippen molar-refractivity contribution in [1.82, 2.24) is 10.3 Å². The average molecular weight is 275 g/mol. The molecule has 1 heterocycles. The van der Waals surface area contributed by atoms with Crippen LogP contribution in [0.5, 0.6) is 0 Å². The minimum Gasteiger partial charge on any atom is -0.319 e. The predicted octanol–water partition coefficient (Wildman–Crippen LogP) is 2.79. The Morgan fingerprint density at radius 3 is 3.07 bits per heavy atom. The van der Waals surface area contributed by atoms with Crippen molar-refractivity contribution >= 4 is 27.7 Å². The summed E-state index contributed by atoms with van der Waals surface area (Å²) in [7, 11) is 1.98. The molecule has 0 aliphatic heterocycles. The molecule has 0 saturated heterocycles. The van der Waals surface area contributed by atoms with E-state index in [1.165, 1.54) is 0 Å². The minimum atomic E-state index is 0.666. The van der Waals surface area contributed by atoms with Crippen LogP contribution < -0.4 is 5.32 Å². The van der Waals surface area contributed by atoms with E-state index in [2.05, 4.69) is 33.2 Å². The third kappa shape index (κ3) is 3.98. The van der Waals surface area contributed by atoms with Gasteiger partial charge in [0.25, 0.3) is 0 Å². The minimum absolute atomic E-state index is 0.666. The van der Waals surface area contributed by atoms with E-state index in [0.29, 0.717) is 5.92 Å². The molecule has 0 saturated carbocycles. The molecular weight excluding hydrogens is 260 g/mol. The SMILES string of the molecule is CNCC(C)CSc1ncccc1Br. The Morgan fingerprint density at radius 2 is 2.43 bits per heavy atom. The standard InChI is InChI=1S/C10H15BrN2S/c1-8(6-12-2)7-14-10-9(11)4-3-5-13-10/h3-5,8,12H,6-7H2,1-2H3. The van der Waals surface area contributed by atoms with Crippen LogP contribution in [0.1, 0.15) is 6.92 Å². The maximum atomic E-state index is 4.31. The van der Waals surface area contributed by atoms with Crippen LogP contribution in [-0.2, 0) is 0 Å². The molecule has 0 aliphatic rings. The number of halogens is 1. The molecule has 78 valence electrons. The molecule has 1 unspecified atom stereocenters. The first-order chi connectivity index (χ1) is 6.74. The van der Waals surface area contributed by atoms with Gasteiger partial charge in [0.15, 0.2) is 0 Å². The van der Waals surface area contributed by atoms with Gasteiger partial charge in [-0.05, 0) is 47.6 Å². The fourth-order valence-electron chi connectivity index (χ4n) is 1.11. The van der Waals surface area contributed by atoms with E-state index in [1.54, 1.807) is 11.8 Å². The number of nitrogens with one attached hydrogen (secondary N) is 1. The summed E-state index contributed by atoms with van der Waals surface area (Å²) in [5.41, 5.74) is 0. The fourth-order valence-corrected chi connectivity index (χ4v) is 2.61. The average Bonchev–Trinajstić information content (AvgIpc) is 2.17. The van der Waals surface area contributed by atoms with Crippen LogP contribution in [0.3, 0.4) is 0 Å². The Morgan fingerprint density at radius 1 is 1.64 bits per heavy atom. The quantitative estimate of drug-likeness (QED) is 0.836. The van der Waals surface area contributed by atoms with Gasteiger partial charge in [-0.3, -0.25) is 0 Å². The normalized spacial score (nSPS) is 12.8. The lowest BCUT2D eigenvalue weighted by Gasteiger charge is -2.09. The van der Waals surface area contributed by atoms with E-state index in [9.17, 15) is 0 Å². The maximum absolute atomic E-state index is 4.31. The van der Waals surface area contributed by atoms with Crippen molar-refractivity contribution < 1.29 is 0 Å². The highest BCUT2D eigenvalue weighted by Crippen LogP contribution is 2.25. The van der Waals surface area contributed by atoms with Crippen LogP contribution in [0.15, 0.2) is 27.8 Å². The van der Waals surface area contributed by atoms with Crippen LogP contribution >= 0.6 is 27.7 Å². The summed E-state index contributed by atoms with van der Waals surface area (Å²) in [5.74, 6) is 1.76. The van der Waals surface area contributed by atoms with Crippen molar-refractivity contribution in [3.63, 3.8) is 0 Å². The third-order valence-electron chi connectivity index (χ3n) is 1.78. The summed E-state index contributed by atoms with van der Waals surface area (Å²) >= 11 is 5.28. The summed E-state index contributed by atoms with van der Waals surface area (Å²) in [6.45, 7) is 3.29. The van der Waals surface area contributed by atoms with Gasteiger partial charge >= 0.3 is 0 Å². The monoisotopic (exact) mass is 274 g/mol. The molecule has 1 N–H and O–H groups in total. The number of hydrogen-bond donors (Lipinski definition) is 1. The van der Waals surface area contributed by atoms with Crippen molar-refractivity contribution in [3.05, 3.63) is 22.8 Å². The second-order valence-corrected chi connectivity index (χ2v) is 5.13. The maximum Gasteiger partial charge on any atom is 0.110 e. The van der Waals surface area contributed by atoms with Gasteiger partial charge in [-0.25, -0.2) is 4.98 Å². The molecule has 1 atom stereocenters. The Labute approximate surface area is 98.0 Å². The summed E-state index contributed by atoms with van der Waals surface area (Å²) < 4.78 is 1.08. The van der Waals surface area contributed by atoms with Crippen LogP contribution in [-0.4, -0.2) is 24.3 Å². The van der Waals surface area contributed by atoms with Gasteiger partial charge in [0.2, 0.25) is 0 Å². The molecule has 14 heavy (non-hydrogen) atoms. The van der Waals surface area contributed by atoms with E-state index in [-0.39, 0.29) is 0 Å². The highest BCUT2D eigenvalue weighted by Gasteiger charge is 2.05. The van der Waals surface area contributed by atoms with Gasteiger partial charge in [-0.2, -0.15) is 0 Å². The van der Waals surface area contributed by atoms with Crippen LogP contribution in [0, 0.1) is 5.92 Å². The van der Waals surface area contributed by atoms with Gasteiger partial charge in [-0.15, -0.1) is 11.8 Å². The van der Waals surface area contributed by atoms with Gasteiger partial charge in [0.1, 0.15) is 5.03 Å². The zero-order chi connectivity index (χ0) is 10.4. The zero-order valence-corrected chi connectivity index (χ0v) is 10.9. The molecule has 1 aromatic heterocycles. The van der Waals surface area contributed by atoms with Gasteiger partial charge in [0.05, 0.1) is 0 Å². The highest BCUT2D eigenvalue weighted by atomic mass is 79.9. The summed E-state index contributed by atoms with van der Waals surface area (Å²) in [5, 5.41) is 4.25. The first kappa shape index (κ1) is 12.0. The molecule has 0 aliphatic carbocycles. The lowest BCUT2D eigenvalue weighted by atomic mass is 10.2. The van der Waals surface area contributed by atoms with E-state index < -0.39 is 0 Å². The predicted molar refractivity (Wildman–Crippen MR) is 65.8 cm³/mol. The molecule has 0 aromatic carbocycles. The molecule has 0 radical (unpaired) electrons. The van der Waals surface area contributed by atoms with Crippen molar-refractivity contribution in [1.29, 1.82) is 0 Å². The molecule has 0 spiro atoms. The Balaban J connectivity index is 2.41. The smallest absolute Gasteiger partial charge is 0.110 e. The largest absolute Gasteiger partial charge is 0.319 e. The number of aromatic nitrogens is 1. The first-order valence-electron chi connectivity index (χ1n) is 4.62. The van der Waals surface area contributed by atoms with E-state index >= 15 is 0 Å². The molecular formula is C10H15BrN2S. The van der Waals surface area contributed by atoms with Crippen LogP contribution in [0.25, 0.3) is 0 Å². The molecule has 1 rings (SSSR count). The van der Waals surface area contributed by atoms with Crippen molar-refractivity contribution in [2.75, 3.05) is 19.3 Å². The Kier molecular flexibility index (Phi) is 5.52. The summed E-state index contributed by atoms with van der Waals surface area (Å²) in [4.78, 5) is 4.31. The molecule has 0 bridgehead atoms. The lowest BCUT2D eigenvalue weighted by Crippen LogP contribution is -2.17. The second kappa shape index (κ2) is 6.43. The third-order valence-corrected chi connectivity index (χ3v) is 4.02. The summed E-state index contributed by atoms with van der Waals surface area (Å²) in [6.07, 6.45) is 1.83. The number of thioether (sulfide) groups is 1. The number of pyridine rings is 1. The molecule has 0 fully saturated rings. The summed E-state index contributed by atoms with van der Waals surface area (Å²) in [6, 6.07) is 3.96. The van der Waals surface area contributed by atoms with Crippen LogP contribution in [0.4, 0.5) is 0 Å². The van der Waals surface area contributed by atoms with E-state index in [0.717, 1.165) is 21.8 Å². The number of rotatable bonds is 5. The fraction of sp³-hybridized carbons (Fsp3) is 0.500. The van der Waals surface area contributed by atoms with Gasteiger partial charge < -0.3 is 5.32 Å². The van der Waals surface area contributed by atoms with Crippen molar-refractivity contribution in [2.45, 2.75) is 11.9 Å². The molecule has 4 heteroatoms. The zero-order valence-electron chi connectivity index (χ0n) is 8.46. The number of nitrogens with zero attached hydrogens (tertiary/aromatic N) is 1. The Hall–Kier alpha value is -0.0600.